The van der Waals surface area contributed by atoms with E-state index in [9.17, 15) is 12.8 Å². The smallest absolute Gasteiger partial charge is 0.261 e. The van der Waals surface area contributed by atoms with Crippen molar-refractivity contribution >= 4 is 15.7 Å². The van der Waals surface area contributed by atoms with Gasteiger partial charge < -0.3 is 4.90 Å². The first-order chi connectivity index (χ1) is 13.4. The van der Waals surface area contributed by atoms with Gasteiger partial charge in [-0.3, -0.25) is 9.11 Å². The van der Waals surface area contributed by atoms with E-state index in [0.29, 0.717) is 11.6 Å². The van der Waals surface area contributed by atoms with Gasteiger partial charge in [0.25, 0.3) is 10.0 Å². The topological polar surface area (TPSA) is 49.4 Å². The molecule has 4 nitrogen and oxygen atoms in total. The van der Waals surface area contributed by atoms with Gasteiger partial charge in [0.2, 0.25) is 0 Å². The summed E-state index contributed by atoms with van der Waals surface area (Å²) in [6.45, 7) is 6.84. The molecule has 0 spiro atoms. The van der Waals surface area contributed by atoms with Gasteiger partial charge in [0.05, 0.1) is 11.6 Å². The maximum Gasteiger partial charge on any atom is 0.261 e. The molecule has 3 rings (SSSR count). The van der Waals surface area contributed by atoms with Gasteiger partial charge >= 0.3 is 0 Å². The molecule has 0 bridgehead atoms. The van der Waals surface area contributed by atoms with Crippen LogP contribution in [-0.4, -0.2) is 39.6 Å². The number of sulfonamides is 1. The first-order valence-corrected chi connectivity index (χ1v) is 11.4. The SMILES string of the molecule is CCCN1CCC(c2ccc(NS(=O)(=O)c3ccc([C@@H](C)CF)cc3)cc2)C1. The van der Waals surface area contributed by atoms with Gasteiger partial charge in [0.15, 0.2) is 0 Å². The van der Waals surface area contributed by atoms with Crippen molar-refractivity contribution in [3.63, 3.8) is 0 Å². The van der Waals surface area contributed by atoms with Crippen LogP contribution in [0.2, 0.25) is 0 Å². The highest BCUT2D eigenvalue weighted by Crippen LogP contribution is 2.28. The second kappa shape index (κ2) is 9.05. The largest absolute Gasteiger partial charge is 0.303 e. The number of anilines is 1. The Morgan fingerprint density at radius 2 is 1.82 bits per heavy atom. The Morgan fingerprint density at radius 1 is 1.14 bits per heavy atom. The fourth-order valence-electron chi connectivity index (χ4n) is 3.73. The van der Waals surface area contributed by atoms with Gasteiger partial charge in [-0.05, 0) is 67.2 Å². The van der Waals surface area contributed by atoms with E-state index >= 15 is 0 Å². The molecule has 28 heavy (non-hydrogen) atoms. The number of rotatable bonds is 8. The van der Waals surface area contributed by atoms with Crippen LogP contribution < -0.4 is 4.72 Å². The Morgan fingerprint density at radius 3 is 2.43 bits per heavy atom. The molecule has 0 amide bonds. The lowest BCUT2D eigenvalue weighted by Crippen LogP contribution is -2.20. The summed E-state index contributed by atoms with van der Waals surface area (Å²) in [6, 6.07) is 14.1. The van der Waals surface area contributed by atoms with Crippen LogP contribution in [0.4, 0.5) is 10.1 Å². The van der Waals surface area contributed by atoms with Gasteiger partial charge in [-0.2, -0.15) is 0 Å². The van der Waals surface area contributed by atoms with Crippen LogP contribution in [0.3, 0.4) is 0 Å². The molecule has 152 valence electrons. The van der Waals surface area contributed by atoms with E-state index in [-0.39, 0.29) is 10.8 Å². The predicted molar refractivity (Wildman–Crippen MR) is 112 cm³/mol. The zero-order valence-corrected chi connectivity index (χ0v) is 17.4. The van der Waals surface area contributed by atoms with Crippen LogP contribution >= 0.6 is 0 Å². The van der Waals surface area contributed by atoms with Crippen LogP contribution in [0.15, 0.2) is 53.4 Å². The van der Waals surface area contributed by atoms with E-state index in [0.717, 1.165) is 31.6 Å². The average Bonchev–Trinajstić information content (AvgIpc) is 3.17. The summed E-state index contributed by atoms with van der Waals surface area (Å²) in [4.78, 5) is 2.66. The highest BCUT2D eigenvalue weighted by molar-refractivity contribution is 7.92. The van der Waals surface area contributed by atoms with Crippen LogP contribution in [0.25, 0.3) is 0 Å². The van der Waals surface area contributed by atoms with Crippen molar-refractivity contribution in [2.75, 3.05) is 31.0 Å². The molecule has 0 radical (unpaired) electrons. The molecule has 1 unspecified atom stereocenters. The molecule has 1 heterocycles. The van der Waals surface area contributed by atoms with Gasteiger partial charge in [0.1, 0.15) is 0 Å². The summed E-state index contributed by atoms with van der Waals surface area (Å²) < 4.78 is 40.6. The number of nitrogens with zero attached hydrogens (tertiary/aromatic N) is 1. The average molecular weight is 405 g/mol. The Kier molecular flexibility index (Phi) is 6.73. The number of hydrogen-bond acceptors (Lipinski definition) is 3. The van der Waals surface area contributed by atoms with E-state index in [1.807, 2.05) is 24.3 Å². The van der Waals surface area contributed by atoms with E-state index in [1.165, 1.54) is 24.1 Å². The van der Waals surface area contributed by atoms with Crippen molar-refractivity contribution in [1.29, 1.82) is 0 Å². The number of hydrogen-bond donors (Lipinski definition) is 1. The van der Waals surface area contributed by atoms with Crippen LogP contribution in [0, 0.1) is 0 Å². The van der Waals surface area contributed by atoms with Crippen molar-refractivity contribution < 1.29 is 12.8 Å². The van der Waals surface area contributed by atoms with Crippen molar-refractivity contribution in [3.05, 3.63) is 59.7 Å². The molecule has 1 aliphatic heterocycles. The van der Waals surface area contributed by atoms with E-state index in [4.69, 9.17) is 0 Å². The molecule has 0 saturated carbocycles. The fraction of sp³-hybridized carbons (Fsp3) is 0.455. The molecule has 0 aromatic heterocycles. The number of alkyl halides is 1. The Bertz CT molecular complexity index is 866. The maximum atomic E-state index is 12.8. The zero-order valence-electron chi connectivity index (χ0n) is 16.6. The maximum absolute atomic E-state index is 12.8. The quantitative estimate of drug-likeness (QED) is 0.690. The van der Waals surface area contributed by atoms with Crippen molar-refractivity contribution in [2.24, 2.45) is 0 Å². The third-order valence-electron chi connectivity index (χ3n) is 5.44. The minimum atomic E-state index is -3.66. The summed E-state index contributed by atoms with van der Waals surface area (Å²) >= 11 is 0. The van der Waals surface area contributed by atoms with Gasteiger partial charge in [-0.1, -0.05) is 38.1 Å². The normalized spacial score (nSPS) is 18.9. The molecule has 1 aliphatic rings. The molecular formula is C22H29FN2O2S. The summed E-state index contributed by atoms with van der Waals surface area (Å²) in [6.07, 6.45) is 2.32. The predicted octanol–water partition coefficient (Wildman–Crippen LogP) is 4.76. The van der Waals surface area contributed by atoms with E-state index in [1.54, 1.807) is 19.1 Å². The van der Waals surface area contributed by atoms with Gasteiger partial charge in [0, 0.05) is 18.2 Å². The van der Waals surface area contributed by atoms with E-state index < -0.39 is 16.7 Å². The third kappa shape index (κ3) is 4.92. The summed E-state index contributed by atoms with van der Waals surface area (Å²) in [5, 5.41) is 0. The second-order valence-corrected chi connectivity index (χ2v) is 9.32. The van der Waals surface area contributed by atoms with E-state index in [2.05, 4.69) is 16.5 Å². The molecular weight excluding hydrogens is 375 g/mol. The first-order valence-electron chi connectivity index (χ1n) is 9.94. The Balaban J connectivity index is 1.66. The van der Waals surface area contributed by atoms with Crippen molar-refractivity contribution in [1.82, 2.24) is 4.90 Å². The highest BCUT2D eigenvalue weighted by atomic mass is 32.2. The minimum Gasteiger partial charge on any atom is -0.303 e. The lowest BCUT2D eigenvalue weighted by molar-refractivity contribution is 0.335. The fourth-order valence-corrected chi connectivity index (χ4v) is 4.78. The molecule has 2 aromatic rings. The van der Waals surface area contributed by atoms with Gasteiger partial charge in [-0.15, -0.1) is 0 Å². The Labute approximate surface area is 167 Å². The molecule has 1 saturated heterocycles. The molecule has 6 heteroatoms. The first kappa shape index (κ1) is 20.8. The molecule has 2 atom stereocenters. The summed E-state index contributed by atoms with van der Waals surface area (Å²) in [5.74, 6) is 0.281. The van der Waals surface area contributed by atoms with Crippen LogP contribution in [0.5, 0.6) is 0 Å². The number of nitrogens with one attached hydrogen (secondary N) is 1. The van der Waals surface area contributed by atoms with Gasteiger partial charge in [-0.25, -0.2) is 8.42 Å². The van der Waals surface area contributed by atoms with Crippen molar-refractivity contribution in [2.45, 2.75) is 43.4 Å². The summed E-state index contributed by atoms with van der Waals surface area (Å²) in [7, 11) is -3.66. The summed E-state index contributed by atoms with van der Waals surface area (Å²) in [5.41, 5.74) is 2.60. The molecule has 2 aromatic carbocycles. The molecule has 0 aliphatic carbocycles. The second-order valence-electron chi connectivity index (χ2n) is 7.64. The zero-order chi connectivity index (χ0) is 20.1. The minimum absolute atomic E-state index is 0.178. The monoisotopic (exact) mass is 404 g/mol. The number of halogens is 1. The van der Waals surface area contributed by atoms with Crippen LogP contribution in [-0.2, 0) is 10.0 Å². The Hall–Kier alpha value is -1.92. The van der Waals surface area contributed by atoms with Crippen LogP contribution in [0.1, 0.15) is 49.7 Å². The molecule has 1 N–H and O–H groups in total. The van der Waals surface area contributed by atoms with Crippen molar-refractivity contribution in [3.8, 4) is 0 Å². The highest BCUT2D eigenvalue weighted by Gasteiger charge is 2.23. The number of likely N-dealkylation sites (tertiary alicyclic amines) is 1. The number of benzene rings is 2. The molecule has 1 fully saturated rings. The lowest BCUT2D eigenvalue weighted by Gasteiger charge is -2.15. The lowest BCUT2D eigenvalue weighted by atomic mass is 9.98. The third-order valence-corrected chi connectivity index (χ3v) is 6.83. The standard InChI is InChI=1S/C22H29FN2O2S/c1-3-13-25-14-12-20(16-25)19-4-8-21(9-5-19)24-28(26,27)22-10-6-18(7-11-22)17(2)15-23/h4-11,17,20,24H,3,12-16H2,1-2H3/t17-,20?/m0/s1.